The highest BCUT2D eigenvalue weighted by Gasteiger charge is 2.33. The van der Waals surface area contributed by atoms with Crippen LogP contribution in [0.4, 0.5) is 10.5 Å². The summed E-state index contributed by atoms with van der Waals surface area (Å²) in [6, 6.07) is 11.8. The highest BCUT2D eigenvalue weighted by atomic mass is 16.7. The number of carboxylic acid groups (broad SMARTS) is 1. The number of aliphatic carboxylic acids is 1. The molecule has 1 heterocycles. The van der Waals surface area contributed by atoms with E-state index in [9.17, 15) is 9.59 Å². The number of amides is 1. The molecule has 0 fully saturated rings. The number of carbonyl (C=O) groups excluding carboxylic acids is 1. The minimum atomic E-state index is -1.10. The van der Waals surface area contributed by atoms with Crippen LogP contribution in [0.1, 0.15) is 25.5 Å². The molecule has 0 spiro atoms. The smallest absolute Gasteiger partial charge is 0.412 e. The maximum absolute atomic E-state index is 12.7. The third-order valence-electron chi connectivity index (χ3n) is 4.72. The first-order valence-corrected chi connectivity index (χ1v) is 9.91. The number of nitrogens with one attached hydrogen (secondary N) is 1. The van der Waals surface area contributed by atoms with Crippen molar-refractivity contribution < 1.29 is 38.7 Å². The van der Waals surface area contributed by atoms with Gasteiger partial charge in [-0.15, -0.1) is 0 Å². The Morgan fingerprint density at radius 2 is 1.88 bits per heavy atom. The van der Waals surface area contributed by atoms with Crippen molar-refractivity contribution in [3.8, 4) is 17.2 Å². The molecule has 2 aromatic carbocycles. The van der Waals surface area contributed by atoms with E-state index in [1.54, 1.807) is 56.3 Å². The number of hydrogen-bond acceptors (Lipinski definition) is 7. The second-order valence-electron chi connectivity index (χ2n) is 7.61. The number of fused-ring (bicyclic) bond motifs is 1. The summed E-state index contributed by atoms with van der Waals surface area (Å²) in [5, 5.41) is 20.6. The van der Waals surface area contributed by atoms with E-state index in [-0.39, 0.29) is 20.0 Å². The number of ether oxygens (including phenoxy) is 4. The predicted octanol–water partition coefficient (Wildman–Crippen LogP) is 3.74. The molecule has 0 bridgehead atoms. The van der Waals surface area contributed by atoms with Crippen LogP contribution in [0.5, 0.6) is 17.2 Å². The summed E-state index contributed by atoms with van der Waals surface area (Å²) in [4.78, 5) is 23.7. The lowest BCUT2D eigenvalue weighted by Gasteiger charge is -2.31. The van der Waals surface area contributed by atoms with E-state index < -0.39 is 23.6 Å². The summed E-state index contributed by atoms with van der Waals surface area (Å²) in [6.07, 6.45) is 0.972. The molecule has 0 saturated heterocycles. The molecule has 0 aromatic heterocycles. The normalized spacial score (nSPS) is 13.6. The highest BCUT2D eigenvalue weighted by Crippen LogP contribution is 2.39. The van der Waals surface area contributed by atoms with Crippen LogP contribution in [-0.4, -0.2) is 42.3 Å². The number of benzene rings is 2. The summed E-state index contributed by atoms with van der Waals surface area (Å²) in [5.74, 6) is 0.549. The van der Waals surface area contributed by atoms with Gasteiger partial charge in [-0.2, -0.15) is 0 Å². The number of rotatable bonds is 9. The summed E-state index contributed by atoms with van der Waals surface area (Å²) in [7, 11) is 0. The number of aliphatic hydroxyl groups excluding tert-OH is 1. The van der Waals surface area contributed by atoms with Crippen molar-refractivity contribution in [2.75, 3.05) is 25.3 Å². The first-order valence-electron chi connectivity index (χ1n) is 9.91. The minimum absolute atomic E-state index is 0.111. The molecule has 1 atom stereocenters. The van der Waals surface area contributed by atoms with Crippen LogP contribution >= 0.6 is 0 Å². The lowest BCUT2D eigenvalue weighted by atomic mass is 9.82. The summed E-state index contributed by atoms with van der Waals surface area (Å²) in [6.45, 7) is 3.69. The second kappa shape index (κ2) is 10.1. The van der Waals surface area contributed by atoms with E-state index >= 15 is 0 Å². The molecule has 1 amide bonds. The van der Waals surface area contributed by atoms with Gasteiger partial charge < -0.3 is 29.2 Å². The van der Waals surface area contributed by atoms with Gasteiger partial charge in [-0.25, -0.2) is 9.59 Å². The van der Waals surface area contributed by atoms with Crippen LogP contribution < -0.4 is 19.5 Å². The lowest BCUT2D eigenvalue weighted by molar-refractivity contribution is -0.131. The fourth-order valence-corrected chi connectivity index (χ4v) is 3.15. The largest absolute Gasteiger partial charge is 0.491 e. The molecule has 32 heavy (non-hydrogen) atoms. The number of aliphatic hydroxyl groups is 1. The van der Waals surface area contributed by atoms with Gasteiger partial charge in [0.2, 0.25) is 6.79 Å². The van der Waals surface area contributed by atoms with Gasteiger partial charge in [0.15, 0.2) is 11.5 Å². The Morgan fingerprint density at radius 3 is 2.56 bits per heavy atom. The molecular formula is C23H25NO8. The second-order valence-corrected chi connectivity index (χ2v) is 7.61. The highest BCUT2D eigenvalue weighted by molar-refractivity contribution is 5.85. The topological polar surface area (TPSA) is 124 Å². The van der Waals surface area contributed by atoms with Gasteiger partial charge in [-0.3, -0.25) is 5.32 Å². The van der Waals surface area contributed by atoms with Gasteiger partial charge in [-0.1, -0.05) is 32.1 Å². The van der Waals surface area contributed by atoms with E-state index in [0.717, 1.165) is 6.08 Å². The molecule has 9 heteroatoms. The first kappa shape index (κ1) is 23.0. The Morgan fingerprint density at radius 1 is 1.16 bits per heavy atom. The lowest BCUT2D eigenvalue weighted by Crippen LogP contribution is -2.27. The molecule has 1 aliphatic heterocycles. The number of carbonyl (C=O) groups is 2. The minimum Gasteiger partial charge on any atom is -0.491 e. The zero-order valence-corrected chi connectivity index (χ0v) is 17.7. The molecule has 0 unspecified atom stereocenters. The zero-order valence-electron chi connectivity index (χ0n) is 17.7. The van der Waals surface area contributed by atoms with E-state index in [0.29, 0.717) is 28.5 Å². The Kier molecular flexibility index (Phi) is 7.21. The van der Waals surface area contributed by atoms with Crippen molar-refractivity contribution in [1.29, 1.82) is 0 Å². The standard InChI is InChI=1S/C23H25NO8/c1-23(2,10-9-20(26)27)21(15-3-6-17(7-4-15)29-12-11-25)32-22(28)24-16-5-8-18-19(13-16)31-14-30-18/h3-10,13,21,25H,11-12,14H2,1-2H3,(H,24,28)(H,26,27)/b10-9+/t21-/m0/s1. The molecule has 3 N–H and O–H groups in total. The zero-order chi connectivity index (χ0) is 23.1. The van der Waals surface area contributed by atoms with Crippen molar-refractivity contribution in [2.24, 2.45) is 5.41 Å². The van der Waals surface area contributed by atoms with Gasteiger partial charge in [0, 0.05) is 23.2 Å². The summed E-state index contributed by atoms with van der Waals surface area (Å²) >= 11 is 0. The van der Waals surface area contributed by atoms with E-state index in [1.807, 2.05) is 0 Å². The molecule has 170 valence electrons. The molecule has 0 aliphatic carbocycles. The van der Waals surface area contributed by atoms with E-state index in [4.69, 9.17) is 29.2 Å². The van der Waals surface area contributed by atoms with Crippen LogP contribution in [0.15, 0.2) is 54.6 Å². The molecule has 3 rings (SSSR count). The molecule has 0 saturated carbocycles. The third-order valence-corrected chi connectivity index (χ3v) is 4.72. The number of anilines is 1. The van der Waals surface area contributed by atoms with Crippen molar-refractivity contribution in [3.05, 3.63) is 60.2 Å². The van der Waals surface area contributed by atoms with Crippen molar-refractivity contribution in [1.82, 2.24) is 0 Å². The predicted molar refractivity (Wildman–Crippen MR) is 115 cm³/mol. The average molecular weight is 443 g/mol. The van der Waals surface area contributed by atoms with Crippen LogP contribution in [0.25, 0.3) is 0 Å². The van der Waals surface area contributed by atoms with Crippen LogP contribution in [0.3, 0.4) is 0 Å². The Labute approximate surface area is 185 Å². The Bertz CT molecular complexity index is 984. The molecule has 0 radical (unpaired) electrons. The van der Waals surface area contributed by atoms with Crippen molar-refractivity contribution >= 4 is 17.7 Å². The first-order chi connectivity index (χ1) is 15.3. The van der Waals surface area contributed by atoms with Gasteiger partial charge in [-0.05, 0) is 29.8 Å². The van der Waals surface area contributed by atoms with E-state index in [1.165, 1.54) is 6.08 Å². The summed E-state index contributed by atoms with van der Waals surface area (Å²) < 4.78 is 21.7. The van der Waals surface area contributed by atoms with Gasteiger partial charge >= 0.3 is 12.1 Å². The Balaban J connectivity index is 1.80. The van der Waals surface area contributed by atoms with Crippen molar-refractivity contribution in [3.63, 3.8) is 0 Å². The average Bonchev–Trinajstić information content (AvgIpc) is 3.23. The number of hydrogen-bond donors (Lipinski definition) is 3. The molecule has 2 aromatic rings. The monoisotopic (exact) mass is 443 g/mol. The Hall–Kier alpha value is -3.72. The van der Waals surface area contributed by atoms with Crippen LogP contribution in [0.2, 0.25) is 0 Å². The maximum atomic E-state index is 12.7. The van der Waals surface area contributed by atoms with Crippen molar-refractivity contribution in [2.45, 2.75) is 20.0 Å². The van der Waals surface area contributed by atoms with Gasteiger partial charge in [0.25, 0.3) is 0 Å². The van der Waals surface area contributed by atoms with Crippen LogP contribution in [-0.2, 0) is 9.53 Å². The maximum Gasteiger partial charge on any atom is 0.412 e. The number of carboxylic acids is 1. The quantitative estimate of drug-likeness (QED) is 0.501. The fourth-order valence-electron chi connectivity index (χ4n) is 3.15. The fraction of sp³-hybridized carbons (Fsp3) is 0.304. The molecule has 1 aliphatic rings. The van der Waals surface area contributed by atoms with Gasteiger partial charge in [0.1, 0.15) is 18.5 Å². The third kappa shape index (κ3) is 5.92. The SMILES string of the molecule is CC(C)(/C=C/C(=O)O)[C@@H](OC(=O)Nc1ccc2c(c1)OCO2)c1ccc(OCCO)cc1. The van der Waals surface area contributed by atoms with E-state index in [2.05, 4.69) is 5.32 Å². The van der Waals surface area contributed by atoms with Crippen LogP contribution in [0, 0.1) is 5.41 Å². The van der Waals surface area contributed by atoms with Gasteiger partial charge in [0.05, 0.1) is 6.61 Å². The molecule has 9 nitrogen and oxygen atoms in total. The summed E-state index contributed by atoms with van der Waals surface area (Å²) in [5.41, 5.74) is 0.254. The molecular weight excluding hydrogens is 418 g/mol.